The third-order valence-corrected chi connectivity index (χ3v) is 5.57. The number of hydrogen-bond acceptors (Lipinski definition) is 5. The molecule has 170 valence electrons. The molecule has 3 N–H and O–H groups in total. The lowest BCUT2D eigenvalue weighted by molar-refractivity contribution is -0.136. The fourth-order valence-corrected chi connectivity index (χ4v) is 3.95. The average molecular weight is 438 g/mol. The van der Waals surface area contributed by atoms with Crippen molar-refractivity contribution in [1.82, 2.24) is 10.2 Å². The third kappa shape index (κ3) is 5.85. The maximum Gasteiger partial charge on any atom is 0.313 e. The molecule has 2 aromatic rings. The van der Waals surface area contributed by atoms with Crippen LogP contribution < -0.4 is 20.9 Å². The van der Waals surface area contributed by atoms with Gasteiger partial charge in [-0.3, -0.25) is 14.4 Å². The number of nitrogens with one attached hydrogen (secondary N) is 3. The minimum absolute atomic E-state index is 0.0626. The molecule has 0 unspecified atom stereocenters. The number of aryl methyl sites for hydroxylation is 1. The summed E-state index contributed by atoms with van der Waals surface area (Å²) in [6.07, 6.45) is 2.17. The number of carbonyl (C=O) groups excluding carboxylic acids is 3. The Morgan fingerprint density at radius 3 is 2.44 bits per heavy atom. The molecule has 3 amide bonds. The lowest BCUT2D eigenvalue weighted by Crippen LogP contribution is -2.40. The number of benzene rings is 2. The molecule has 0 radical (unpaired) electrons. The van der Waals surface area contributed by atoms with Gasteiger partial charge >= 0.3 is 11.8 Å². The van der Waals surface area contributed by atoms with Gasteiger partial charge in [-0.15, -0.1) is 0 Å². The predicted molar refractivity (Wildman–Crippen MR) is 127 cm³/mol. The second-order valence-electron chi connectivity index (χ2n) is 8.32. The molecule has 1 heterocycles. The lowest BCUT2D eigenvalue weighted by Gasteiger charge is -2.30. The molecule has 8 heteroatoms. The fourth-order valence-electron chi connectivity index (χ4n) is 3.95. The third-order valence-electron chi connectivity index (χ3n) is 5.57. The van der Waals surface area contributed by atoms with Crippen LogP contribution in [-0.2, 0) is 20.8 Å². The SMILES string of the molecule is CC(=O)Nc1cccc(NC(=O)C(=O)NC[C@@H](c2ccc3c(c2)CCCN3C)N(C)C)c1. The molecule has 0 fully saturated rings. The van der Waals surface area contributed by atoms with Crippen molar-refractivity contribution in [2.75, 3.05) is 49.8 Å². The Bertz CT molecular complexity index is 1000. The second-order valence-corrected chi connectivity index (χ2v) is 8.32. The number of anilines is 3. The topological polar surface area (TPSA) is 93.8 Å². The number of carbonyl (C=O) groups is 3. The number of amides is 3. The summed E-state index contributed by atoms with van der Waals surface area (Å²) in [7, 11) is 6.01. The van der Waals surface area contributed by atoms with E-state index in [1.165, 1.54) is 18.2 Å². The summed E-state index contributed by atoms with van der Waals surface area (Å²) in [5.41, 5.74) is 4.64. The minimum atomic E-state index is -0.755. The van der Waals surface area contributed by atoms with E-state index >= 15 is 0 Å². The molecule has 1 aliphatic rings. The lowest BCUT2D eigenvalue weighted by atomic mass is 9.96. The first-order valence-corrected chi connectivity index (χ1v) is 10.7. The van der Waals surface area contributed by atoms with Crippen molar-refractivity contribution in [3.05, 3.63) is 53.6 Å². The van der Waals surface area contributed by atoms with Crippen LogP contribution in [0.2, 0.25) is 0 Å². The zero-order chi connectivity index (χ0) is 23.3. The summed E-state index contributed by atoms with van der Waals surface area (Å²) in [5.74, 6) is -1.68. The maximum atomic E-state index is 12.4. The highest BCUT2D eigenvalue weighted by molar-refractivity contribution is 6.39. The molecular weight excluding hydrogens is 406 g/mol. The average Bonchev–Trinajstić information content (AvgIpc) is 2.73. The Hall–Kier alpha value is -3.39. The maximum absolute atomic E-state index is 12.4. The first-order chi connectivity index (χ1) is 15.2. The van der Waals surface area contributed by atoms with E-state index in [9.17, 15) is 14.4 Å². The molecule has 3 rings (SSSR count). The molecule has 0 aromatic heterocycles. The number of rotatable bonds is 6. The van der Waals surface area contributed by atoms with Gasteiger partial charge in [-0.1, -0.05) is 18.2 Å². The Kier molecular flexibility index (Phi) is 7.48. The van der Waals surface area contributed by atoms with Crippen LogP contribution in [-0.4, -0.2) is 56.9 Å². The normalized spacial score (nSPS) is 13.8. The Labute approximate surface area is 189 Å². The highest BCUT2D eigenvalue weighted by Crippen LogP contribution is 2.29. The van der Waals surface area contributed by atoms with Crippen molar-refractivity contribution in [2.45, 2.75) is 25.8 Å². The molecule has 1 aliphatic heterocycles. The van der Waals surface area contributed by atoms with E-state index in [1.807, 2.05) is 19.0 Å². The Balaban J connectivity index is 1.63. The van der Waals surface area contributed by atoms with Crippen molar-refractivity contribution in [3.8, 4) is 0 Å². The standard InChI is InChI=1S/C24H31N5O3/c1-16(30)26-19-8-5-9-20(14-19)27-24(32)23(31)25-15-22(28(2)3)18-10-11-21-17(13-18)7-6-12-29(21)4/h5,8-11,13-14,22H,6-7,12,15H2,1-4H3,(H,25,31)(H,26,30)(H,27,32)/t22-/m0/s1. The van der Waals surface area contributed by atoms with Crippen LogP contribution >= 0.6 is 0 Å². The van der Waals surface area contributed by atoms with Gasteiger partial charge in [0.15, 0.2) is 0 Å². The molecule has 0 saturated heterocycles. The summed E-state index contributed by atoms with van der Waals surface area (Å²) < 4.78 is 0. The van der Waals surface area contributed by atoms with Crippen LogP contribution in [0.25, 0.3) is 0 Å². The van der Waals surface area contributed by atoms with Crippen LogP contribution in [0.1, 0.15) is 30.5 Å². The molecule has 8 nitrogen and oxygen atoms in total. The molecule has 0 saturated carbocycles. The van der Waals surface area contributed by atoms with E-state index in [4.69, 9.17) is 0 Å². The van der Waals surface area contributed by atoms with E-state index in [0.717, 1.165) is 24.9 Å². The van der Waals surface area contributed by atoms with Gasteiger partial charge in [-0.2, -0.15) is 0 Å². The van der Waals surface area contributed by atoms with Gasteiger partial charge in [-0.25, -0.2) is 0 Å². The van der Waals surface area contributed by atoms with Crippen LogP contribution in [0.3, 0.4) is 0 Å². The van der Waals surface area contributed by atoms with Gasteiger partial charge in [0, 0.05) is 44.1 Å². The van der Waals surface area contributed by atoms with E-state index in [0.29, 0.717) is 17.9 Å². The van der Waals surface area contributed by atoms with Crippen LogP contribution in [0.15, 0.2) is 42.5 Å². The summed E-state index contributed by atoms with van der Waals surface area (Å²) >= 11 is 0. The van der Waals surface area contributed by atoms with E-state index < -0.39 is 11.8 Å². The minimum Gasteiger partial charge on any atom is -0.374 e. The molecule has 0 spiro atoms. The van der Waals surface area contributed by atoms with Crippen molar-refractivity contribution < 1.29 is 14.4 Å². The Morgan fingerprint density at radius 1 is 1.03 bits per heavy atom. The van der Waals surface area contributed by atoms with Gasteiger partial charge in [0.2, 0.25) is 5.91 Å². The number of hydrogen-bond donors (Lipinski definition) is 3. The zero-order valence-corrected chi connectivity index (χ0v) is 19.1. The van der Waals surface area contributed by atoms with Crippen molar-refractivity contribution in [3.63, 3.8) is 0 Å². The smallest absolute Gasteiger partial charge is 0.313 e. The van der Waals surface area contributed by atoms with E-state index in [2.05, 4.69) is 46.1 Å². The second kappa shape index (κ2) is 10.3. The van der Waals surface area contributed by atoms with Crippen molar-refractivity contribution >= 4 is 34.8 Å². The van der Waals surface area contributed by atoms with Gasteiger partial charge in [0.25, 0.3) is 0 Å². The summed E-state index contributed by atoms with van der Waals surface area (Å²) in [6, 6.07) is 13.0. The highest BCUT2D eigenvalue weighted by Gasteiger charge is 2.21. The van der Waals surface area contributed by atoms with Crippen molar-refractivity contribution in [1.29, 1.82) is 0 Å². The quantitative estimate of drug-likeness (QED) is 0.604. The van der Waals surface area contributed by atoms with E-state index in [-0.39, 0.29) is 11.9 Å². The number of fused-ring (bicyclic) bond motifs is 1. The summed E-state index contributed by atoms with van der Waals surface area (Å²) in [6.45, 7) is 2.77. The van der Waals surface area contributed by atoms with Gasteiger partial charge in [0.1, 0.15) is 0 Å². The molecule has 32 heavy (non-hydrogen) atoms. The van der Waals surface area contributed by atoms with Gasteiger partial charge in [-0.05, 0) is 62.3 Å². The van der Waals surface area contributed by atoms with Crippen LogP contribution in [0, 0.1) is 0 Å². The zero-order valence-electron chi connectivity index (χ0n) is 19.1. The molecule has 0 bridgehead atoms. The predicted octanol–water partition coefficient (Wildman–Crippen LogP) is 2.38. The fraction of sp³-hybridized carbons (Fsp3) is 0.375. The van der Waals surface area contributed by atoms with Gasteiger partial charge < -0.3 is 25.8 Å². The summed E-state index contributed by atoms with van der Waals surface area (Å²) in [5, 5.41) is 7.96. The molecule has 0 aliphatic carbocycles. The number of nitrogens with zero attached hydrogens (tertiary/aromatic N) is 2. The van der Waals surface area contributed by atoms with Gasteiger partial charge in [0.05, 0.1) is 6.04 Å². The highest BCUT2D eigenvalue weighted by atomic mass is 16.2. The Morgan fingerprint density at radius 2 is 1.75 bits per heavy atom. The van der Waals surface area contributed by atoms with Crippen LogP contribution in [0.4, 0.5) is 17.1 Å². The van der Waals surface area contributed by atoms with E-state index in [1.54, 1.807) is 24.3 Å². The first-order valence-electron chi connectivity index (χ1n) is 10.7. The van der Waals surface area contributed by atoms with Crippen LogP contribution in [0.5, 0.6) is 0 Å². The first kappa shape index (κ1) is 23.3. The number of likely N-dealkylation sites (N-methyl/N-ethyl adjacent to an activating group) is 1. The molecule has 1 atom stereocenters. The molecule has 2 aromatic carbocycles. The summed E-state index contributed by atoms with van der Waals surface area (Å²) in [4.78, 5) is 40.3. The van der Waals surface area contributed by atoms with Crippen molar-refractivity contribution in [2.24, 2.45) is 0 Å². The monoisotopic (exact) mass is 437 g/mol. The molecular formula is C24H31N5O3. The largest absolute Gasteiger partial charge is 0.374 e.